The third kappa shape index (κ3) is 3.25. The van der Waals surface area contributed by atoms with Crippen LogP contribution in [0.25, 0.3) is 0 Å². The van der Waals surface area contributed by atoms with E-state index in [2.05, 4.69) is 0 Å². The van der Waals surface area contributed by atoms with Gasteiger partial charge in [-0.3, -0.25) is 0 Å². The average molecular weight is 274 g/mol. The Bertz CT molecular complexity index is 620. The fourth-order valence-electron chi connectivity index (χ4n) is 1.66. The second-order valence-electron chi connectivity index (χ2n) is 3.97. The molecule has 0 amide bonds. The van der Waals surface area contributed by atoms with Gasteiger partial charge in [0, 0.05) is 16.1 Å². The molecule has 0 aliphatic heterocycles. The quantitative estimate of drug-likeness (QED) is 0.930. The van der Waals surface area contributed by atoms with Gasteiger partial charge in [-0.05, 0) is 18.2 Å². The van der Waals surface area contributed by atoms with Crippen LogP contribution < -0.4 is 4.74 Å². The standard InChI is InChI=1S/C15H12ClNO2/c16-14-7-11(8-17)5-6-13(14)10-19-15-4-2-1-3-12(15)9-18/h1-7,18H,9-10H2. The van der Waals surface area contributed by atoms with Gasteiger partial charge in [0.1, 0.15) is 12.4 Å². The van der Waals surface area contributed by atoms with E-state index in [0.29, 0.717) is 22.9 Å². The van der Waals surface area contributed by atoms with Crippen LogP contribution >= 0.6 is 11.6 Å². The summed E-state index contributed by atoms with van der Waals surface area (Å²) in [5, 5.41) is 18.5. The first-order valence-electron chi connectivity index (χ1n) is 5.74. The van der Waals surface area contributed by atoms with Crippen molar-refractivity contribution in [1.29, 1.82) is 5.26 Å². The lowest BCUT2D eigenvalue weighted by molar-refractivity contribution is 0.259. The topological polar surface area (TPSA) is 53.2 Å². The molecule has 2 rings (SSSR count). The summed E-state index contributed by atoms with van der Waals surface area (Å²) < 4.78 is 5.64. The van der Waals surface area contributed by atoms with E-state index in [1.165, 1.54) is 0 Å². The number of aliphatic hydroxyl groups is 1. The molecule has 3 nitrogen and oxygen atoms in total. The van der Waals surface area contributed by atoms with Gasteiger partial charge in [0.25, 0.3) is 0 Å². The van der Waals surface area contributed by atoms with Gasteiger partial charge in [-0.2, -0.15) is 5.26 Å². The average Bonchev–Trinajstić information content (AvgIpc) is 2.46. The molecule has 19 heavy (non-hydrogen) atoms. The molecule has 0 aliphatic rings. The zero-order valence-corrected chi connectivity index (χ0v) is 10.9. The smallest absolute Gasteiger partial charge is 0.125 e. The monoisotopic (exact) mass is 273 g/mol. The maximum absolute atomic E-state index is 9.20. The fraction of sp³-hybridized carbons (Fsp3) is 0.133. The van der Waals surface area contributed by atoms with Gasteiger partial charge in [0.05, 0.1) is 18.2 Å². The summed E-state index contributed by atoms with van der Waals surface area (Å²) in [6.45, 7) is 0.221. The molecule has 0 spiro atoms. The molecule has 0 bridgehead atoms. The molecule has 0 fully saturated rings. The van der Waals surface area contributed by atoms with Crippen LogP contribution in [-0.2, 0) is 13.2 Å². The third-order valence-electron chi connectivity index (χ3n) is 2.71. The molecule has 0 unspecified atom stereocenters. The van der Waals surface area contributed by atoms with E-state index in [1.54, 1.807) is 30.3 Å². The highest BCUT2D eigenvalue weighted by Crippen LogP contribution is 2.22. The van der Waals surface area contributed by atoms with E-state index in [1.807, 2.05) is 18.2 Å². The molecule has 1 N–H and O–H groups in total. The lowest BCUT2D eigenvalue weighted by Gasteiger charge is -2.11. The first kappa shape index (κ1) is 13.4. The largest absolute Gasteiger partial charge is 0.488 e. The molecule has 2 aromatic carbocycles. The summed E-state index contributed by atoms with van der Waals surface area (Å²) in [5.41, 5.74) is 2.05. The summed E-state index contributed by atoms with van der Waals surface area (Å²) in [7, 11) is 0. The molecule has 0 atom stereocenters. The van der Waals surface area contributed by atoms with Crippen molar-refractivity contribution in [3.63, 3.8) is 0 Å². The van der Waals surface area contributed by atoms with Crippen LogP contribution in [0, 0.1) is 11.3 Å². The van der Waals surface area contributed by atoms with E-state index in [9.17, 15) is 5.11 Å². The first-order valence-corrected chi connectivity index (χ1v) is 6.12. The Balaban J connectivity index is 2.13. The number of halogens is 1. The summed E-state index contributed by atoms with van der Waals surface area (Å²) in [4.78, 5) is 0. The van der Waals surface area contributed by atoms with Gasteiger partial charge in [-0.1, -0.05) is 35.9 Å². The zero-order valence-electron chi connectivity index (χ0n) is 10.1. The van der Waals surface area contributed by atoms with Crippen LogP contribution in [0.3, 0.4) is 0 Å². The number of hydrogen-bond donors (Lipinski definition) is 1. The highest BCUT2D eigenvalue weighted by molar-refractivity contribution is 6.31. The van der Waals surface area contributed by atoms with E-state index >= 15 is 0 Å². The van der Waals surface area contributed by atoms with Crippen molar-refractivity contribution in [3.8, 4) is 11.8 Å². The van der Waals surface area contributed by atoms with Gasteiger partial charge in [0.2, 0.25) is 0 Å². The predicted octanol–water partition coefficient (Wildman–Crippen LogP) is 3.28. The molecule has 0 saturated carbocycles. The predicted molar refractivity (Wildman–Crippen MR) is 72.9 cm³/mol. The lowest BCUT2D eigenvalue weighted by Crippen LogP contribution is -1.99. The van der Waals surface area contributed by atoms with Gasteiger partial charge >= 0.3 is 0 Å². The molecule has 0 aromatic heterocycles. The Morgan fingerprint density at radius 3 is 2.63 bits per heavy atom. The normalized spacial score (nSPS) is 9.95. The van der Waals surface area contributed by atoms with Crippen molar-refractivity contribution < 1.29 is 9.84 Å². The second-order valence-corrected chi connectivity index (χ2v) is 4.38. The number of rotatable bonds is 4. The maximum Gasteiger partial charge on any atom is 0.125 e. The minimum absolute atomic E-state index is 0.0721. The van der Waals surface area contributed by atoms with Gasteiger partial charge in [0.15, 0.2) is 0 Å². The van der Waals surface area contributed by atoms with Crippen LogP contribution in [-0.4, -0.2) is 5.11 Å². The third-order valence-corrected chi connectivity index (χ3v) is 3.06. The molecule has 0 saturated heterocycles. The van der Waals surface area contributed by atoms with Crippen molar-refractivity contribution in [1.82, 2.24) is 0 Å². The molecular formula is C15H12ClNO2. The number of benzene rings is 2. The Labute approximate surface area is 116 Å². The zero-order chi connectivity index (χ0) is 13.7. The Kier molecular flexibility index (Phi) is 4.40. The Morgan fingerprint density at radius 2 is 1.95 bits per heavy atom. The number of nitrogens with zero attached hydrogens (tertiary/aromatic N) is 1. The minimum atomic E-state index is -0.0721. The Morgan fingerprint density at radius 1 is 1.16 bits per heavy atom. The van der Waals surface area contributed by atoms with E-state index in [-0.39, 0.29) is 6.61 Å². The number of para-hydroxylation sites is 1. The first-order chi connectivity index (χ1) is 9.24. The molecule has 2 aromatic rings. The number of hydrogen-bond acceptors (Lipinski definition) is 3. The second kappa shape index (κ2) is 6.24. The SMILES string of the molecule is N#Cc1ccc(COc2ccccc2CO)c(Cl)c1. The maximum atomic E-state index is 9.20. The molecule has 0 radical (unpaired) electrons. The van der Waals surface area contributed by atoms with E-state index in [0.717, 1.165) is 11.1 Å². The summed E-state index contributed by atoms with van der Waals surface area (Å²) in [5.74, 6) is 0.630. The van der Waals surface area contributed by atoms with Gasteiger partial charge < -0.3 is 9.84 Å². The highest BCUT2D eigenvalue weighted by atomic mass is 35.5. The number of nitriles is 1. The van der Waals surface area contributed by atoms with Crippen LogP contribution in [0.5, 0.6) is 5.75 Å². The summed E-state index contributed by atoms with van der Waals surface area (Å²) in [6.07, 6.45) is 0. The van der Waals surface area contributed by atoms with Crippen LogP contribution in [0.15, 0.2) is 42.5 Å². The highest BCUT2D eigenvalue weighted by Gasteiger charge is 2.05. The van der Waals surface area contributed by atoms with Crippen molar-refractivity contribution in [2.75, 3.05) is 0 Å². The van der Waals surface area contributed by atoms with Gasteiger partial charge in [-0.25, -0.2) is 0 Å². The molecular weight excluding hydrogens is 262 g/mol. The van der Waals surface area contributed by atoms with Crippen LogP contribution in [0.1, 0.15) is 16.7 Å². The van der Waals surface area contributed by atoms with Gasteiger partial charge in [-0.15, -0.1) is 0 Å². The molecule has 0 aliphatic carbocycles. The van der Waals surface area contributed by atoms with Crippen LogP contribution in [0.4, 0.5) is 0 Å². The Hall–Kier alpha value is -2.02. The number of aliphatic hydroxyl groups excluding tert-OH is 1. The minimum Gasteiger partial charge on any atom is -0.488 e. The summed E-state index contributed by atoms with van der Waals surface area (Å²) >= 11 is 6.07. The lowest BCUT2D eigenvalue weighted by atomic mass is 10.1. The van der Waals surface area contributed by atoms with E-state index in [4.69, 9.17) is 21.6 Å². The van der Waals surface area contributed by atoms with Crippen molar-refractivity contribution in [2.24, 2.45) is 0 Å². The van der Waals surface area contributed by atoms with Crippen molar-refractivity contribution >= 4 is 11.6 Å². The molecule has 96 valence electrons. The molecule has 4 heteroatoms. The fourth-order valence-corrected chi connectivity index (χ4v) is 1.90. The summed E-state index contributed by atoms with van der Waals surface area (Å²) in [6, 6.07) is 14.4. The van der Waals surface area contributed by atoms with Crippen molar-refractivity contribution in [2.45, 2.75) is 13.2 Å². The van der Waals surface area contributed by atoms with E-state index < -0.39 is 0 Å². The molecule has 0 heterocycles. The van der Waals surface area contributed by atoms with Crippen LogP contribution in [0.2, 0.25) is 5.02 Å². The van der Waals surface area contributed by atoms with Crippen molar-refractivity contribution in [3.05, 3.63) is 64.2 Å². The number of ether oxygens (including phenoxy) is 1.